The molecule has 0 aliphatic carbocycles. The number of nitrogens with one attached hydrogen (secondary N) is 1. The molecular weight excluding hydrogens is 472 g/mol. The Bertz CT molecular complexity index is 993. The zero-order chi connectivity index (χ0) is 26.3. The second-order valence-corrected chi connectivity index (χ2v) is 7.41. The molecule has 0 unspecified atom stereocenters. The lowest BCUT2D eigenvalue weighted by atomic mass is 9.95. The first-order valence-corrected chi connectivity index (χ1v) is 10.2. The van der Waals surface area contributed by atoms with Gasteiger partial charge in [-0.2, -0.15) is 0 Å². The number of hydrogen-bond acceptors (Lipinski definition) is 12. The minimum absolute atomic E-state index is 0.00942. The van der Waals surface area contributed by atoms with Crippen LogP contribution in [0, 0.1) is 10.1 Å². The number of esters is 4. The van der Waals surface area contributed by atoms with Gasteiger partial charge in [-0.1, -0.05) is 0 Å². The van der Waals surface area contributed by atoms with Crippen LogP contribution in [-0.4, -0.2) is 72.0 Å². The van der Waals surface area contributed by atoms with Crippen molar-refractivity contribution in [2.45, 2.75) is 58.3 Å². The van der Waals surface area contributed by atoms with E-state index in [0.717, 1.165) is 39.8 Å². The maximum atomic E-state index is 12.9. The maximum absolute atomic E-state index is 12.9. The van der Waals surface area contributed by atoms with E-state index in [0.29, 0.717) is 0 Å². The zero-order valence-electron chi connectivity index (χ0n) is 19.2. The second-order valence-electron chi connectivity index (χ2n) is 7.41. The number of carbonyl (C=O) groups is 5. The first-order chi connectivity index (χ1) is 16.4. The first kappa shape index (κ1) is 27.2. The molecule has 0 bridgehead atoms. The Morgan fingerprint density at radius 2 is 1.43 bits per heavy atom. The molecule has 1 saturated heterocycles. The largest absolute Gasteiger partial charge is 0.463 e. The monoisotopic (exact) mass is 496 g/mol. The Morgan fingerprint density at radius 3 is 1.91 bits per heavy atom. The summed E-state index contributed by atoms with van der Waals surface area (Å²) in [5, 5.41) is 13.4. The molecule has 1 amide bonds. The number of ether oxygens (including phenoxy) is 5. The van der Waals surface area contributed by atoms with Gasteiger partial charge in [-0.3, -0.25) is 34.1 Å². The van der Waals surface area contributed by atoms with Crippen LogP contribution in [0.25, 0.3) is 0 Å². The van der Waals surface area contributed by atoms with Gasteiger partial charge in [0.1, 0.15) is 18.8 Å². The SMILES string of the molecule is CC(=O)OC[C@@H]1O[C@H](OC(C)=O)[C@H](NC(=O)c2ccc([N+](=O)[O-])cc2)[C@@H](OC(C)=O)[C@H]1OC(C)=O. The van der Waals surface area contributed by atoms with Gasteiger partial charge >= 0.3 is 23.9 Å². The molecule has 14 heteroatoms. The molecule has 35 heavy (non-hydrogen) atoms. The number of carbonyl (C=O) groups excluding carboxylic acids is 5. The van der Waals surface area contributed by atoms with Crippen molar-refractivity contribution in [2.24, 2.45) is 0 Å². The molecule has 0 spiro atoms. The zero-order valence-corrected chi connectivity index (χ0v) is 19.2. The number of hydrogen-bond donors (Lipinski definition) is 1. The van der Waals surface area contributed by atoms with E-state index in [1.807, 2.05) is 0 Å². The summed E-state index contributed by atoms with van der Waals surface area (Å²) in [7, 11) is 0. The van der Waals surface area contributed by atoms with Crippen LogP contribution in [-0.2, 0) is 42.9 Å². The quantitative estimate of drug-likeness (QED) is 0.226. The van der Waals surface area contributed by atoms with E-state index in [4.69, 9.17) is 23.7 Å². The normalized spacial score (nSPS) is 23.4. The summed E-state index contributed by atoms with van der Waals surface area (Å²) in [6.45, 7) is 3.89. The van der Waals surface area contributed by atoms with Crippen LogP contribution in [0.15, 0.2) is 24.3 Å². The summed E-state index contributed by atoms with van der Waals surface area (Å²) in [6, 6.07) is 3.20. The van der Waals surface area contributed by atoms with Crippen molar-refractivity contribution in [3.63, 3.8) is 0 Å². The average Bonchev–Trinajstić information content (AvgIpc) is 2.75. The fourth-order valence-electron chi connectivity index (χ4n) is 3.29. The minimum atomic E-state index is -1.55. The molecule has 0 aromatic heterocycles. The van der Waals surface area contributed by atoms with Crippen LogP contribution < -0.4 is 5.32 Å². The number of nitro groups is 1. The molecule has 14 nitrogen and oxygen atoms in total. The molecule has 1 aliphatic rings. The van der Waals surface area contributed by atoms with Crippen LogP contribution >= 0.6 is 0 Å². The summed E-state index contributed by atoms with van der Waals surface area (Å²) in [6.07, 6.45) is -5.59. The Balaban J connectivity index is 2.44. The summed E-state index contributed by atoms with van der Waals surface area (Å²) < 4.78 is 26.4. The Kier molecular flexibility index (Phi) is 9.22. The predicted molar refractivity (Wildman–Crippen MR) is 113 cm³/mol. The van der Waals surface area contributed by atoms with Crippen LogP contribution in [0.3, 0.4) is 0 Å². The number of non-ortho nitro benzene ring substituents is 1. The third-order valence-corrected chi connectivity index (χ3v) is 4.62. The fraction of sp³-hybridized carbons (Fsp3) is 0.476. The minimum Gasteiger partial charge on any atom is -0.463 e. The van der Waals surface area contributed by atoms with Crippen LogP contribution in [0.4, 0.5) is 5.69 Å². The number of benzene rings is 1. The van der Waals surface area contributed by atoms with Crippen molar-refractivity contribution >= 4 is 35.5 Å². The molecule has 1 fully saturated rings. The van der Waals surface area contributed by atoms with E-state index < -0.39 is 72.0 Å². The summed E-state index contributed by atoms with van der Waals surface area (Å²) in [5.74, 6) is -3.91. The highest BCUT2D eigenvalue weighted by atomic mass is 16.7. The van der Waals surface area contributed by atoms with Gasteiger partial charge in [-0.25, -0.2) is 0 Å². The van der Waals surface area contributed by atoms with E-state index in [1.54, 1.807) is 0 Å². The van der Waals surface area contributed by atoms with Crippen molar-refractivity contribution < 1.29 is 52.6 Å². The van der Waals surface area contributed by atoms with Crippen molar-refractivity contribution in [1.29, 1.82) is 0 Å². The smallest absolute Gasteiger partial charge is 0.305 e. The molecule has 1 aromatic rings. The molecular formula is C21H24N2O12. The lowest BCUT2D eigenvalue weighted by molar-refractivity contribution is -0.384. The molecule has 1 aromatic carbocycles. The third kappa shape index (κ3) is 7.74. The van der Waals surface area contributed by atoms with Gasteiger partial charge in [0.15, 0.2) is 12.2 Å². The average molecular weight is 496 g/mol. The summed E-state index contributed by atoms with van der Waals surface area (Å²) >= 11 is 0. The van der Waals surface area contributed by atoms with E-state index >= 15 is 0 Å². The molecule has 5 atom stereocenters. The van der Waals surface area contributed by atoms with Gasteiger partial charge in [-0.15, -0.1) is 0 Å². The van der Waals surface area contributed by atoms with Crippen LogP contribution in [0.2, 0.25) is 0 Å². The molecule has 2 rings (SSSR count). The number of nitrogens with zero attached hydrogens (tertiary/aromatic N) is 1. The van der Waals surface area contributed by atoms with Gasteiger partial charge in [0.05, 0.1) is 4.92 Å². The number of nitro benzene ring substituents is 1. The van der Waals surface area contributed by atoms with Crippen LogP contribution in [0.1, 0.15) is 38.1 Å². The van der Waals surface area contributed by atoms with Gasteiger partial charge in [0, 0.05) is 45.4 Å². The Hall–Kier alpha value is -4.07. The third-order valence-electron chi connectivity index (χ3n) is 4.62. The van der Waals surface area contributed by atoms with Gasteiger partial charge in [0.25, 0.3) is 11.6 Å². The highest BCUT2D eigenvalue weighted by Crippen LogP contribution is 2.28. The molecule has 1 heterocycles. The van der Waals surface area contributed by atoms with E-state index in [2.05, 4.69) is 5.32 Å². The molecule has 190 valence electrons. The van der Waals surface area contributed by atoms with Crippen molar-refractivity contribution in [1.82, 2.24) is 5.32 Å². The standard InChI is InChI=1S/C21H24N2O12/c1-10(24)31-9-16-18(32-11(2)25)19(33-12(3)26)17(21(35-16)34-13(4)27)22-20(28)14-5-7-15(8-6-14)23(29)30/h5-8,16-19,21H,9H2,1-4H3,(H,22,28)/t16-,17+,18-,19+,21-/m0/s1. The van der Waals surface area contributed by atoms with E-state index in [-0.39, 0.29) is 11.3 Å². The number of amides is 1. The summed E-state index contributed by atoms with van der Waals surface area (Å²) in [5.41, 5.74) is -0.258. The van der Waals surface area contributed by atoms with Crippen molar-refractivity contribution in [3.8, 4) is 0 Å². The number of rotatable bonds is 8. The molecule has 1 aliphatic heterocycles. The summed E-state index contributed by atoms with van der Waals surface area (Å²) in [4.78, 5) is 69.8. The molecule has 0 radical (unpaired) electrons. The lowest BCUT2D eigenvalue weighted by Gasteiger charge is -2.44. The lowest BCUT2D eigenvalue weighted by Crippen LogP contribution is -2.67. The van der Waals surface area contributed by atoms with Gasteiger partial charge in [0.2, 0.25) is 6.29 Å². The second kappa shape index (κ2) is 11.9. The maximum Gasteiger partial charge on any atom is 0.305 e. The molecule has 0 saturated carbocycles. The highest BCUT2D eigenvalue weighted by Gasteiger charge is 2.52. The predicted octanol–water partition coefficient (Wildman–Crippen LogP) is 0.408. The van der Waals surface area contributed by atoms with Crippen molar-refractivity contribution in [2.75, 3.05) is 6.61 Å². The topological polar surface area (TPSA) is 187 Å². The van der Waals surface area contributed by atoms with E-state index in [9.17, 15) is 34.1 Å². The van der Waals surface area contributed by atoms with Crippen molar-refractivity contribution in [3.05, 3.63) is 39.9 Å². The van der Waals surface area contributed by atoms with Gasteiger partial charge in [-0.05, 0) is 12.1 Å². The van der Waals surface area contributed by atoms with Crippen LogP contribution in [0.5, 0.6) is 0 Å². The first-order valence-electron chi connectivity index (χ1n) is 10.2. The van der Waals surface area contributed by atoms with E-state index in [1.165, 1.54) is 12.1 Å². The Morgan fingerprint density at radius 1 is 0.886 bits per heavy atom. The van der Waals surface area contributed by atoms with Gasteiger partial charge < -0.3 is 29.0 Å². The fourth-order valence-corrected chi connectivity index (χ4v) is 3.29. The Labute approximate surface area is 198 Å². The highest BCUT2D eigenvalue weighted by molar-refractivity contribution is 5.94. The molecule has 1 N–H and O–H groups in total.